The number of benzene rings is 1. The van der Waals surface area contributed by atoms with E-state index < -0.39 is 0 Å². The Hall–Kier alpha value is -1.46. The van der Waals surface area contributed by atoms with Crippen LogP contribution in [0.3, 0.4) is 0 Å². The van der Waals surface area contributed by atoms with Crippen LogP contribution in [-0.2, 0) is 6.54 Å². The minimum atomic E-state index is 0.266. The first-order valence-electron chi connectivity index (χ1n) is 7.53. The molecule has 0 saturated heterocycles. The molecule has 0 radical (unpaired) electrons. The van der Waals surface area contributed by atoms with Gasteiger partial charge in [0, 0.05) is 25.7 Å². The van der Waals surface area contributed by atoms with E-state index in [-0.39, 0.29) is 6.79 Å². The molecule has 118 valence electrons. The summed E-state index contributed by atoms with van der Waals surface area (Å²) < 4.78 is 16.2. The van der Waals surface area contributed by atoms with Gasteiger partial charge in [-0.3, -0.25) is 0 Å². The van der Waals surface area contributed by atoms with Gasteiger partial charge in [-0.25, -0.2) is 0 Å². The van der Waals surface area contributed by atoms with Gasteiger partial charge in [-0.2, -0.15) is 0 Å². The van der Waals surface area contributed by atoms with Gasteiger partial charge in [0.05, 0.1) is 7.11 Å². The van der Waals surface area contributed by atoms with Gasteiger partial charge in [-0.15, -0.1) is 0 Å². The molecule has 21 heavy (non-hydrogen) atoms. The number of ether oxygens (including phenoxy) is 3. The number of hydrogen-bond acceptors (Lipinski definition) is 5. The van der Waals surface area contributed by atoms with Crippen molar-refractivity contribution in [3.05, 3.63) is 17.7 Å². The van der Waals surface area contributed by atoms with Gasteiger partial charge < -0.3 is 24.4 Å². The summed E-state index contributed by atoms with van der Waals surface area (Å²) >= 11 is 0. The minimum Gasteiger partial charge on any atom is -0.493 e. The predicted molar refractivity (Wildman–Crippen MR) is 83.2 cm³/mol. The van der Waals surface area contributed by atoms with Crippen molar-refractivity contribution in [2.45, 2.75) is 32.9 Å². The largest absolute Gasteiger partial charge is 0.493 e. The number of nitrogens with one attached hydrogen (secondary N) is 1. The highest BCUT2D eigenvalue weighted by molar-refractivity contribution is 5.55. The molecule has 1 N–H and O–H groups in total. The van der Waals surface area contributed by atoms with Crippen LogP contribution in [0.5, 0.6) is 17.2 Å². The van der Waals surface area contributed by atoms with Gasteiger partial charge in [0.2, 0.25) is 12.5 Å². The topological polar surface area (TPSA) is 43.0 Å². The van der Waals surface area contributed by atoms with E-state index in [1.807, 2.05) is 12.1 Å². The molecule has 0 saturated carbocycles. The lowest BCUT2D eigenvalue weighted by Gasteiger charge is -2.23. The summed E-state index contributed by atoms with van der Waals surface area (Å²) in [5.74, 6) is 2.21. The Kier molecular flexibility index (Phi) is 5.70. The lowest BCUT2D eigenvalue weighted by atomic mass is 10.2. The van der Waals surface area contributed by atoms with E-state index in [0.29, 0.717) is 11.8 Å². The second kappa shape index (κ2) is 7.52. The zero-order chi connectivity index (χ0) is 15.2. The van der Waals surface area contributed by atoms with Gasteiger partial charge in [-0.05, 0) is 38.1 Å². The van der Waals surface area contributed by atoms with E-state index in [0.717, 1.165) is 36.7 Å². The molecule has 0 aliphatic carbocycles. The van der Waals surface area contributed by atoms with E-state index in [2.05, 4.69) is 31.1 Å². The molecule has 0 aromatic heterocycles. The maximum atomic E-state index is 5.43. The Morgan fingerprint density at radius 2 is 2.19 bits per heavy atom. The standard InChI is InChI=1S/C16H26N2O3/c1-5-12(2)18(3)7-6-17-10-13-8-14(19-4)16-15(9-13)20-11-21-16/h8-9,12,17H,5-7,10-11H2,1-4H3. The van der Waals surface area contributed by atoms with Crippen LogP contribution in [0, 0.1) is 0 Å². The minimum absolute atomic E-state index is 0.266. The molecule has 1 aliphatic heterocycles. The van der Waals surface area contributed by atoms with E-state index in [1.54, 1.807) is 7.11 Å². The Balaban J connectivity index is 1.84. The first kappa shape index (κ1) is 15.9. The van der Waals surface area contributed by atoms with E-state index in [4.69, 9.17) is 14.2 Å². The van der Waals surface area contributed by atoms with Gasteiger partial charge in [-0.1, -0.05) is 6.92 Å². The number of nitrogens with zero attached hydrogens (tertiary/aromatic N) is 1. The van der Waals surface area contributed by atoms with Crippen molar-refractivity contribution in [3.63, 3.8) is 0 Å². The highest BCUT2D eigenvalue weighted by Gasteiger charge is 2.19. The van der Waals surface area contributed by atoms with Crippen LogP contribution in [0.15, 0.2) is 12.1 Å². The van der Waals surface area contributed by atoms with Gasteiger partial charge >= 0.3 is 0 Å². The molecule has 2 rings (SSSR count). The fourth-order valence-corrected chi connectivity index (χ4v) is 2.31. The summed E-state index contributed by atoms with van der Waals surface area (Å²) in [5, 5.41) is 3.46. The van der Waals surface area contributed by atoms with Crippen LogP contribution in [0.4, 0.5) is 0 Å². The second-order valence-electron chi connectivity index (χ2n) is 5.45. The smallest absolute Gasteiger partial charge is 0.231 e. The molecule has 0 fully saturated rings. The summed E-state index contributed by atoms with van der Waals surface area (Å²) in [5.41, 5.74) is 1.14. The Morgan fingerprint density at radius 3 is 2.90 bits per heavy atom. The maximum Gasteiger partial charge on any atom is 0.231 e. The molecule has 0 bridgehead atoms. The lowest BCUT2D eigenvalue weighted by molar-refractivity contribution is 0.171. The molecule has 5 nitrogen and oxygen atoms in total. The maximum absolute atomic E-state index is 5.43. The second-order valence-corrected chi connectivity index (χ2v) is 5.45. The third kappa shape index (κ3) is 4.02. The summed E-state index contributed by atoms with van der Waals surface area (Å²) in [4.78, 5) is 2.37. The quantitative estimate of drug-likeness (QED) is 0.745. The number of fused-ring (bicyclic) bond motifs is 1. The molecule has 1 unspecified atom stereocenters. The third-order valence-electron chi connectivity index (χ3n) is 4.03. The molecular weight excluding hydrogens is 268 g/mol. The van der Waals surface area contributed by atoms with Crippen molar-refractivity contribution in [1.29, 1.82) is 0 Å². The summed E-state index contributed by atoms with van der Waals surface area (Å²) in [6, 6.07) is 4.63. The highest BCUT2D eigenvalue weighted by atomic mass is 16.7. The first-order chi connectivity index (χ1) is 10.2. The summed E-state index contributed by atoms with van der Waals surface area (Å²) in [6.45, 7) is 7.52. The van der Waals surface area contributed by atoms with Crippen LogP contribution in [0.25, 0.3) is 0 Å². The van der Waals surface area contributed by atoms with Crippen molar-refractivity contribution in [3.8, 4) is 17.2 Å². The molecule has 0 amide bonds. The normalized spacial score (nSPS) is 14.5. The van der Waals surface area contributed by atoms with Gasteiger partial charge in [0.15, 0.2) is 11.5 Å². The molecule has 1 aromatic rings. The molecule has 1 heterocycles. The lowest BCUT2D eigenvalue weighted by Crippen LogP contribution is -2.34. The molecule has 1 atom stereocenters. The summed E-state index contributed by atoms with van der Waals surface area (Å²) in [7, 11) is 3.81. The first-order valence-corrected chi connectivity index (χ1v) is 7.53. The average molecular weight is 294 g/mol. The van der Waals surface area contributed by atoms with E-state index in [1.165, 1.54) is 6.42 Å². The Bertz CT molecular complexity index is 465. The van der Waals surface area contributed by atoms with Crippen molar-refractivity contribution in [2.24, 2.45) is 0 Å². The number of likely N-dealkylation sites (N-methyl/N-ethyl adjacent to an activating group) is 1. The molecule has 1 aliphatic rings. The van der Waals surface area contributed by atoms with E-state index >= 15 is 0 Å². The van der Waals surface area contributed by atoms with Crippen LogP contribution >= 0.6 is 0 Å². The number of hydrogen-bond donors (Lipinski definition) is 1. The van der Waals surface area contributed by atoms with Crippen molar-refractivity contribution >= 4 is 0 Å². The van der Waals surface area contributed by atoms with Crippen LogP contribution in [0.1, 0.15) is 25.8 Å². The zero-order valence-electron chi connectivity index (χ0n) is 13.4. The third-order valence-corrected chi connectivity index (χ3v) is 4.03. The van der Waals surface area contributed by atoms with E-state index in [9.17, 15) is 0 Å². The Labute approximate surface area is 127 Å². The predicted octanol–water partition coefficient (Wildman–Crippen LogP) is 2.24. The summed E-state index contributed by atoms with van der Waals surface area (Å²) in [6.07, 6.45) is 1.18. The molecular formula is C16H26N2O3. The monoisotopic (exact) mass is 294 g/mol. The van der Waals surface area contributed by atoms with Gasteiger partial charge in [0.25, 0.3) is 0 Å². The average Bonchev–Trinajstić information content (AvgIpc) is 2.97. The van der Waals surface area contributed by atoms with Crippen molar-refractivity contribution in [1.82, 2.24) is 10.2 Å². The van der Waals surface area contributed by atoms with Crippen LogP contribution in [-0.4, -0.2) is 45.0 Å². The highest BCUT2D eigenvalue weighted by Crippen LogP contribution is 2.41. The fraction of sp³-hybridized carbons (Fsp3) is 0.625. The fourth-order valence-electron chi connectivity index (χ4n) is 2.31. The van der Waals surface area contributed by atoms with Gasteiger partial charge in [0.1, 0.15) is 0 Å². The van der Waals surface area contributed by atoms with Crippen LogP contribution < -0.4 is 19.5 Å². The molecule has 5 heteroatoms. The zero-order valence-corrected chi connectivity index (χ0v) is 13.4. The van der Waals surface area contributed by atoms with Crippen molar-refractivity contribution in [2.75, 3.05) is 34.0 Å². The number of rotatable bonds is 8. The SMILES string of the molecule is CCC(C)N(C)CCNCc1cc(OC)c2c(c1)OCO2. The van der Waals surface area contributed by atoms with Crippen LogP contribution in [0.2, 0.25) is 0 Å². The number of methoxy groups -OCH3 is 1. The Morgan fingerprint density at radius 1 is 1.38 bits per heavy atom. The molecule has 1 aromatic carbocycles. The molecule has 0 spiro atoms. The van der Waals surface area contributed by atoms with Crippen molar-refractivity contribution < 1.29 is 14.2 Å².